The Morgan fingerprint density at radius 2 is 2.12 bits per heavy atom. The van der Waals surface area contributed by atoms with Crippen LogP contribution in [-0.4, -0.2) is 6.21 Å². The lowest BCUT2D eigenvalue weighted by Crippen LogP contribution is -1.92. The summed E-state index contributed by atoms with van der Waals surface area (Å²) in [6, 6.07) is 0. The lowest BCUT2D eigenvalue weighted by Gasteiger charge is -1.97. The number of nitrogens with one attached hydrogen (secondary N) is 1. The highest BCUT2D eigenvalue weighted by Crippen LogP contribution is 2.04. The molecule has 0 aromatic carbocycles. The van der Waals surface area contributed by atoms with Gasteiger partial charge in [0, 0.05) is 11.8 Å². The molecule has 8 heavy (non-hydrogen) atoms. The SMILES string of the molecule is CC(C)/C(C=N)=C/[SH2+]. The third-order valence-corrected chi connectivity index (χ3v) is 1.33. The fourth-order valence-electron chi connectivity index (χ4n) is 0.375. The van der Waals surface area contributed by atoms with Crippen LogP contribution in [0.1, 0.15) is 13.8 Å². The molecule has 2 heteroatoms. The molecule has 0 aliphatic rings. The van der Waals surface area contributed by atoms with Crippen LogP contribution < -0.4 is 0 Å². The van der Waals surface area contributed by atoms with Gasteiger partial charge in [-0.15, -0.1) is 0 Å². The largest absolute Gasteiger partial charge is 0.308 e. The summed E-state index contributed by atoms with van der Waals surface area (Å²) in [6.45, 7) is 4.11. The molecular formula is C6H12NS+. The van der Waals surface area contributed by atoms with Crippen molar-refractivity contribution >= 4 is 18.8 Å². The minimum atomic E-state index is 0.449. The lowest BCUT2D eigenvalue weighted by atomic mass is 10.1. The van der Waals surface area contributed by atoms with E-state index in [2.05, 4.69) is 26.5 Å². The third kappa shape index (κ3) is 2.17. The minimum Gasteiger partial charge on any atom is -0.308 e. The first kappa shape index (κ1) is 7.76. The van der Waals surface area contributed by atoms with Gasteiger partial charge in [0.1, 0.15) is 5.41 Å². The predicted molar refractivity (Wildman–Crippen MR) is 41.9 cm³/mol. The van der Waals surface area contributed by atoms with Crippen molar-refractivity contribution in [2.45, 2.75) is 13.8 Å². The lowest BCUT2D eigenvalue weighted by molar-refractivity contribution is 0.808. The molecule has 0 heterocycles. The molecule has 0 rings (SSSR count). The van der Waals surface area contributed by atoms with E-state index in [1.54, 1.807) is 5.41 Å². The van der Waals surface area contributed by atoms with E-state index in [1.807, 2.05) is 0 Å². The van der Waals surface area contributed by atoms with Crippen molar-refractivity contribution in [1.82, 2.24) is 0 Å². The van der Waals surface area contributed by atoms with Crippen LogP contribution >= 0.6 is 0 Å². The molecule has 0 unspecified atom stereocenters. The molecule has 46 valence electrons. The van der Waals surface area contributed by atoms with Gasteiger partial charge < -0.3 is 5.41 Å². The average Bonchev–Trinajstić information content (AvgIpc) is 1.69. The van der Waals surface area contributed by atoms with E-state index < -0.39 is 0 Å². The Bertz CT molecular complexity index is 105. The van der Waals surface area contributed by atoms with E-state index in [9.17, 15) is 0 Å². The van der Waals surface area contributed by atoms with Crippen LogP contribution in [0.15, 0.2) is 11.0 Å². The number of hydrogen-bond acceptors (Lipinski definition) is 1. The number of rotatable bonds is 2. The number of allylic oxidation sites excluding steroid dienone is 1. The second-order valence-electron chi connectivity index (χ2n) is 1.94. The van der Waals surface area contributed by atoms with Crippen molar-refractivity contribution in [3.05, 3.63) is 11.0 Å². The fraction of sp³-hybridized carbons (Fsp3) is 0.500. The predicted octanol–water partition coefficient (Wildman–Crippen LogP) is 1.19. The Morgan fingerprint density at radius 1 is 1.62 bits per heavy atom. The molecule has 1 N–H and O–H groups in total. The van der Waals surface area contributed by atoms with Crippen molar-refractivity contribution in [2.75, 3.05) is 0 Å². The van der Waals surface area contributed by atoms with Crippen molar-refractivity contribution in [1.29, 1.82) is 5.41 Å². The van der Waals surface area contributed by atoms with Gasteiger partial charge in [0.15, 0.2) is 0 Å². The van der Waals surface area contributed by atoms with Crippen LogP contribution in [0, 0.1) is 11.3 Å². The zero-order chi connectivity index (χ0) is 6.57. The molecule has 0 fully saturated rings. The Balaban J connectivity index is 3.91. The standard InChI is InChI=1S/C6H11NS/c1-5(2)6(3-7)4-8/h3-5,7-8H,1-2H3/p+1/b6-4+,7-3?. The van der Waals surface area contributed by atoms with E-state index in [1.165, 1.54) is 6.21 Å². The van der Waals surface area contributed by atoms with Crippen LogP contribution in [0.25, 0.3) is 0 Å². The van der Waals surface area contributed by atoms with E-state index >= 15 is 0 Å². The van der Waals surface area contributed by atoms with Crippen LogP contribution in [0.3, 0.4) is 0 Å². The monoisotopic (exact) mass is 130 g/mol. The Hall–Kier alpha value is -0.240. The summed E-state index contributed by atoms with van der Waals surface area (Å²) in [5, 5.41) is 8.64. The zero-order valence-corrected chi connectivity index (χ0v) is 6.23. The van der Waals surface area contributed by atoms with Gasteiger partial charge in [0.05, 0.1) is 0 Å². The molecule has 0 aliphatic heterocycles. The molecule has 0 saturated heterocycles. The number of hydrogen-bond donors (Lipinski definition) is 1. The van der Waals surface area contributed by atoms with Crippen LogP contribution in [0.4, 0.5) is 0 Å². The molecular weight excluding hydrogens is 118 g/mol. The Labute approximate surface area is 55.7 Å². The maximum absolute atomic E-state index is 6.87. The van der Waals surface area contributed by atoms with E-state index in [-0.39, 0.29) is 0 Å². The van der Waals surface area contributed by atoms with E-state index in [0.29, 0.717) is 5.92 Å². The molecule has 0 aromatic heterocycles. The average molecular weight is 130 g/mol. The van der Waals surface area contributed by atoms with Crippen LogP contribution in [0.2, 0.25) is 0 Å². The first-order valence-corrected chi connectivity index (χ1v) is 3.18. The summed E-state index contributed by atoms with van der Waals surface area (Å²) in [6.07, 6.45) is 1.36. The fourth-order valence-corrected chi connectivity index (χ4v) is 0.792. The van der Waals surface area contributed by atoms with Gasteiger partial charge in [0.25, 0.3) is 0 Å². The second-order valence-corrected chi connectivity index (χ2v) is 2.23. The molecule has 0 amide bonds. The quantitative estimate of drug-likeness (QED) is 0.429. The Morgan fingerprint density at radius 3 is 2.12 bits per heavy atom. The van der Waals surface area contributed by atoms with Gasteiger partial charge >= 0.3 is 0 Å². The highest BCUT2D eigenvalue weighted by atomic mass is 32.1. The maximum atomic E-state index is 6.87. The molecule has 1 nitrogen and oxygen atoms in total. The summed E-state index contributed by atoms with van der Waals surface area (Å²) in [7, 11) is 0. The molecule has 0 radical (unpaired) electrons. The molecule has 0 aliphatic carbocycles. The van der Waals surface area contributed by atoms with Crippen molar-refractivity contribution < 1.29 is 0 Å². The van der Waals surface area contributed by atoms with Gasteiger partial charge in [0.2, 0.25) is 0 Å². The Kier molecular flexibility index (Phi) is 3.61. The normalized spacial score (nSPS) is 12.2. The van der Waals surface area contributed by atoms with Crippen molar-refractivity contribution in [3.8, 4) is 0 Å². The topological polar surface area (TPSA) is 23.9 Å². The molecule has 0 atom stereocenters. The summed E-state index contributed by atoms with van der Waals surface area (Å²) in [5.74, 6) is 0.449. The minimum absolute atomic E-state index is 0.449. The van der Waals surface area contributed by atoms with Gasteiger partial charge in [-0.3, -0.25) is 0 Å². The molecule has 0 bridgehead atoms. The van der Waals surface area contributed by atoms with Gasteiger partial charge in [-0.05, 0) is 18.5 Å². The van der Waals surface area contributed by atoms with Crippen LogP contribution in [0.5, 0.6) is 0 Å². The van der Waals surface area contributed by atoms with E-state index in [4.69, 9.17) is 5.41 Å². The summed E-state index contributed by atoms with van der Waals surface area (Å²) < 4.78 is 0. The maximum Gasteiger partial charge on any atom is 0.119 e. The van der Waals surface area contributed by atoms with Gasteiger partial charge in [-0.2, -0.15) is 0 Å². The first-order chi connectivity index (χ1) is 3.72. The molecule has 0 saturated carbocycles. The highest BCUT2D eigenvalue weighted by Gasteiger charge is 1.97. The van der Waals surface area contributed by atoms with Gasteiger partial charge in [-0.25, -0.2) is 0 Å². The van der Waals surface area contributed by atoms with E-state index in [0.717, 1.165) is 5.57 Å². The summed E-state index contributed by atoms with van der Waals surface area (Å²) in [5.41, 5.74) is 1.02. The smallest absolute Gasteiger partial charge is 0.119 e. The second kappa shape index (κ2) is 3.72. The molecule has 0 aromatic rings. The van der Waals surface area contributed by atoms with Crippen LogP contribution in [-0.2, 0) is 12.6 Å². The van der Waals surface area contributed by atoms with Crippen molar-refractivity contribution in [2.24, 2.45) is 5.92 Å². The van der Waals surface area contributed by atoms with Gasteiger partial charge in [-0.1, -0.05) is 13.8 Å². The third-order valence-electron chi connectivity index (χ3n) is 1.00. The summed E-state index contributed by atoms with van der Waals surface area (Å²) in [4.78, 5) is 0. The molecule has 0 spiro atoms. The highest BCUT2D eigenvalue weighted by molar-refractivity contribution is 7.62. The van der Waals surface area contributed by atoms with Crippen molar-refractivity contribution in [3.63, 3.8) is 0 Å². The summed E-state index contributed by atoms with van der Waals surface area (Å²) >= 11 is 3.21. The zero-order valence-electron chi connectivity index (χ0n) is 5.23. The first-order valence-electron chi connectivity index (χ1n) is 2.60.